The summed E-state index contributed by atoms with van der Waals surface area (Å²) < 4.78 is 2.04. The van der Waals surface area contributed by atoms with E-state index in [1.807, 2.05) is 38.3 Å². The molecule has 2 aromatic rings. The molecule has 0 spiro atoms. The Morgan fingerprint density at radius 3 is 2.54 bits per heavy atom. The first-order chi connectivity index (χ1) is 11.3. The van der Waals surface area contributed by atoms with Gasteiger partial charge in [0.1, 0.15) is 11.1 Å². The lowest BCUT2D eigenvalue weighted by atomic mass is 10.2. The molecule has 0 unspecified atom stereocenters. The van der Waals surface area contributed by atoms with Gasteiger partial charge in [-0.1, -0.05) is 0 Å². The lowest BCUT2D eigenvalue weighted by molar-refractivity contribution is -0.115. The Hall–Kier alpha value is -2.30. The van der Waals surface area contributed by atoms with Crippen LogP contribution in [-0.4, -0.2) is 15.7 Å². The Kier molecular flexibility index (Phi) is 4.11. The second-order valence-corrected chi connectivity index (χ2v) is 7.81. The molecular formula is C17H15N3O2S2. The second kappa shape index (κ2) is 5.96. The van der Waals surface area contributed by atoms with Crippen molar-refractivity contribution in [3.63, 3.8) is 0 Å². The van der Waals surface area contributed by atoms with Crippen molar-refractivity contribution in [2.45, 2.75) is 27.7 Å². The maximum Gasteiger partial charge on any atom is 0.290 e. The summed E-state index contributed by atoms with van der Waals surface area (Å²) >= 11 is 2.49. The molecule has 0 atom stereocenters. The monoisotopic (exact) mass is 357 g/mol. The Morgan fingerprint density at radius 2 is 1.96 bits per heavy atom. The number of rotatable bonds is 2. The van der Waals surface area contributed by atoms with Crippen LogP contribution < -0.4 is 5.32 Å². The van der Waals surface area contributed by atoms with Crippen molar-refractivity contribution in [2.24, 2.45) is 0 Å². The van der Waals surface area contributed by atoms with Crippen molar-refractivity contribution in [2.75, 3.05) is 0 Å². The molecule has 2 amide bonds. The Balaban J connectivity index is 2.14. The van der Waals surface area contributed by atoms with E-state index >= 15 is 0 Å². The average molecular weight is 357 g/mol. The Morgan fingerprint density at radius 1 is 1.25 bits per heavy atom. The molecule has 7 heteroatoms. The Bertz CT molecular complexity index is 958. The third-order valence-corrected chi connectivity index (χ3v) is 6.08. The number of carbonyl (C=O) groups is 2. The predicted octanol–water partition coefficient (Wildman–Crippen LogP) is 3.97. The van der Waals surface area contributed by atoms with Gasteiger partial charge in [0.05, 0.1) is 10.5 Å². The first-order valence-corrected chi connectivity index (χ1v) is 8.91. The van der Waals surface area contributed by atoms with Crippen molar-refractivity contribution >= 4 is 40.3 Å². The summed E-state index contributed by atoms with van der Waals surface area (Å²) in [6.07, 6.45) is 1.73. The molecule has 0 aromatic carbocycles. The zero-order valence-electron chi connectivity index (χ0n) is 13.7. The second-order valence-electron chi connectivity index (χ2n) is 5.59. The van der Waals surface area contributed by atoms with Gasteiger partial charge in [-0.3, -0.25) is 14.9 Å². The van der Waals surface area contributed by atoms with E-state index in [4.69, 9.17) is 0 Å². The van der Waals surface area contributed by atoms with E-state index < -0.39 is 0 Å². The summed E-state index contributed by atoms with van der Waals surface area (Å²) in [5.74, 6) is -0.365. The highest BCUT2D eigenvalue weighted by molar-refractivity contribution is 8.18. The van der Waals surface area contributed by atoms with Crippen LogP contribution in [0.15, 0.2) is 11.0 Å². The zero-order valence-corrected chi connectivity index (χ0v) is 15.3. The summed E-state index contributed by atoms with van der Waals surface area (Å²) in [6, 6.07) is 4.26. The molecule has 24 heavy (non-hydrogen) atoms. The highest BCUT2D eigenvalue weighted by atomic mass is 32.2. The number of amides is 2. The summed E-state index contributed by atoms with van der Waals surface area (Å²) in [4.78, 5) is 24.6. The van der Waals surface area contributed by atoms with E-state index in [0.717, 1.165) is 44.2 Å². The van der Waals surface area contributed by atoms with Crippen LogP contribution in [0.2, 0.25) is 0 Å². The number of nitrogens with zero attached hydrogens (tertiary/aromatic N) is 2. The largest absolute Gasteiger partial charge is 0.308 e. The first-order valence-electron chi connectivity index (χ1n) is 7.27. The molecule has 1 saturated heterocycles. The SMILES string of the molecule is Cc1sc(-n2c(C)cc(/C=C3/SC(=O)NC3=O)c2C)c(C#N)c1C. The Labute approximate surface area is 148 Å². The number of imide groups is 1. The van der Waals surface area contributed by atoms with Gasteiger partial charge in [-0.2, -0.15) is 5.26 Å². The molecule has 3 rings (SSSR count). The van der Waals surface area contributed by atoms with E-state index in [1.165, 1.54) is 0 Å². The van der Waals surface area contributed by atoms with Gasteiger partial charge in [0.25, 0.3) is 11.1 Å². The van der Waals surface area contributed by atoms with Crippen LogP contribution in [0.25, 0.3) is 11.1 Å². The molecule has 0 aliphatic carbocycles. The van der Waals surface area contributed by atoms with Crippen molar-refractivity contribution in [1.82, 2.24) is 9.88 Å². The lowest BCUT2D eigenvalue weighted by Crippen LogP contribution is -2.17. The molecular weight excluding hydrogens is 342 g/mol. The van der Waals surface area contributed by atoms with Gasteiger partial charge >= 0.3 is 0 Å². The van der Waals surface area contributed by atoms with Crippen LogP contribution in [0.3, 0.4) is 0 Å². The standard InChI is InChI=1S/C17H15N3O2S2/c1-8-5-12(6-14-15(21)19-17(22)24-14)10(3)20(8)16-13(7-18)9(2)11(4)23-16/h5-6H,1-4H3,(H,19,21,22)/b14-6+. The zero-order chi connectivity index (χ0) is 17.6. The van der Waals surface area contributed by atoms with Crippen LogP contribution in [0, 0.1) is 39.0 Å². The van der Waals surface area contributed by atoms with Crippen LogP contribution in [-0.2, 0) is 4.79 Å². The number of nitriles is 1. The number of hydrogen-bond acceptors (Lipinski definition) is 5. The van der Waals surface area contributed by atoms with E-state index in [9.17, 15) is 14.9 Å². The van der Waals surface area contributed by atoms with Crippen molar-refractivity contribution in [3.05, 3.63) is 43.9 Å². The molecule has 1 aliphatic rings. The maximum absolute atomic E-state index is 11.7. The fourth-order valence-electron chi connectivity index (χ4n) is 2.71. The topological polar surface area (TPSA) is 74.9 Å². The van der Waals surface area contributed by atoms with E-state index in [1.54, 1.807) is 17.4 Å². The summed E-state index contributed by atoms with van der Waals surface area (Å²) in [7, 11) is 0. The van der Waals surface area contributed by atoms with Gasteiger partial charge in [-0.15, -0.1) is 11.3 Å². The van der Waals surface area contributed by atoms with E-state index in [-0.39, 0.29) is 11.1 Å². The minimum atomic E-state index is -0.365. The lowest BCUT2D eigenvalue weighted by Gasteiger charge is -2.07. The smallest absolute Gasteiger partial charge is 0.290 e. The normalized spacial score (nSPS) is 15.9. The number of thioether (sulfide) groups is 1. The molecule has 1 fully saturated rings. The van der Waals surface area contributed by atoms with Crippen LogP contribution in [0.1, 0.15) is 33.0 Å². The van der Waals surface area contributed by atoms with Gasteiger partial charge in [-0.25, -0.2) is 0 Å². The van der Waals surface area contributed by atoms with Crippen LogP contribution in [0.5, 0.6) is 0 Å². The third kappa shape index (κ3) is 2.58. The summed E-state index contributed by atoms with van der Waals surface area (Å²) in [5, 5.41) is 12.3. The molecule has 1 aliphatic heterocycles. The number of carbonyl (C=O) groups excluding carboxylic acids is 2. The summed E-state index contributed by atoms with van der Waals surface area (Å²) in [5.41, 5.74) is 4.47. The highest BCUT2D eigenvalue weighted by Gasteiger charge is 2.26. The molecule has 5 nitrogen and oxygen atoms in total. The van der Waals surface area contributed by atoms with Gasteiger partial charge in [0.15, 0.2) is 0 Å². The number of hydrogen-bond donors (Lipinski definition) is 1. The number of aryl methyl sites for hydroxylation is 2. The van der Waals surface area contributed by atoms with Crippen LogP contribution >= 0.6 is 23.1 Å². The van der Waals surface area contributed by atoms with Crippen molar-refractivity contribution < 1.29 is 9.59 Å². The number of aromatic nitrogens is 1. The van der Waals surface area contributed by atoms with Gasteiger partial charge in [0.2, 0.25) is 0 Å². The fourth-order valence-corrected chi connectivity index (χ4v) is 4.60. The van der Waals surface area contributed by atoms with Gasteiger partial charge in [-0.05, 0) is 62.7 Å². The fraction of sp³-hybridized carbons (Fsp3) is 0.235. The third-order valence-electron chi connectivity index (χ3n) is 4.08. The molecule has 1 N–H and O–H groups in total. The minimum absolute atomic E-state index is 0.351. The molecule has 0 radical (unpaired) electrons. The summed E-state index contributed by atoms with van der Waals surface area (Å²) in [6.45, 7) is 7.88. The first kappa shape index (κ1) is 16.6. The number of thiophene rings is 1. The molecule has 0 bridgehead atoms. The number of nitrogens with one attached hydrogen (secondary N) is 1. The molecule has 3 heterocycles. The van der Waals surface area contributed by atoms with Crippen molar-refractivity contribution in [1.29, 1.82) is 5.26 Å². The minimum Gasteiger partial charge on any atom is -0.308 e. The molecule has 0 saturated carbocycles. The van der Waals surface area contributed by atoms with Gasteiger partial charge < -0.3 is 4.57 Å². The predicted molar refractivity (Wildman–Crippen MR) is 96.4 cm³/mol. The molecule has 2 aromatic heterocycles. The van der Waals surface area contributed by atoms with Crippen molar-refractivity contribution in [3.8, 4) is 11.1 Å². The molecule has 122 valence electrons. The van der Waals surface area contributed by atoms with E-state index in [0.29, 0.717) is 10.5 Å². The van der Waals surface area contributed by atoms with Gasteiger partial charge in [0, 0.05) is 16.3 Å². The maximum atomic E-state index is 11.7. The van der Waals surface area contributed by atoms with E-state index in [2.05, 4.69) is 11.4 Å². The highest BCUT2D eigenvalue weighted by Crippen LogP contribution is 2.35. The van der Waals surface area contributed by atoms with Crippen LogP contribution in [0.4, 0.5) is 4.79 Å². The quantitative estimate of drug-likeness (QED) is 0.825. The average Bonchev–Trinajstić information content (AvgIpc) is 3.07.